The van der Waals surface area contributed by atoms with Crippen molar-refractivity contribution in [2.45, 2.75) is 152 Å². The Bertz CT molecular complexity index is 2680. The normalized spacial score (nSPS) is 15.9. The number of rotatable bonds is 49. The summed E-state index contributed by atoms with van der Waals surface area (Å²) >= 11 is 0.926. The van der Waals surface area contributed by atoms with Gasteiger partial charge in [-0.2, -0.15) is 0 Å². The number of aliphatic imine (C=N–C) groups is 1. The number of nitrogens with zero attached hydrogens (tertiary/aromatic N) is 2. The van der Waals surface area contributed by atoms with Crippen LogP contribution in [0.15, 0.2) is 4.99 Å². The zero-order valence-corrected chi connectivity index (χ0v) is 57.2. The number of thioether (sulfide) groups is 1. The summed E-state index contributed by atoms with van der Waals surface area (Å²) < 4.78 is 44.5. The van der Waals surface area contributed by atoms with E-state index in [1.165, 1.54) is 13.8 Å². The molecule has 1 rings (SSSR count). The molecule has 38 nitrogen and oxygen atoms in total. The average Bonchev–Trinajstić information content (AvgIpc) is 0.963. The molecule has 0 radical (unpaired) electrons. The first kappa shape index (κ1) is 86.3. The van der Waals surface area contributed by atoms with E-state index in [0.717, 1.165) is 16.7 Å². The zero-order valence-electron chi connectivity index (χ0n) is 53.7. The highest BCUT2D eigenvalue weighted by molar-refractivity contribution is 8.00. The molecule has 0 aliphatic carbocycles. The fourth-order valence-corrected chi connectivity index (χ4v) is 12.2. The number of aliphatic hydroxyl groups is 1. The Balaban J connectivity index is 2.68. The van der Waals surface area contributed by atoms with Gasteiger partial charge in [0.1, 0.15) is 30.2 Å². The van der Waals surface area contributed by atoms with E-state index >= 15 is 0 Å². The number of likely N-dealkylation sites (tertiary alicyclic amines) is 1. The van der Waals surface area contributed by atoms with Gasteiger partial charge in [0.25, 0.3) is 5.08 Å². The predicted octanol–water partition coefficient (Wildman–Crippen LogP) is -6.00. The lowest BCUT2D eigenvalue weighted by atomic mass is 9.98. The Morgan fingerprint density at radius 3 is 1.85 bits per heavy atom. The van der Waals surface area contributed by atoms with Crippen LogP contribution in [-0.2, 0) is 75.9 Å². The summed E-state index contributed by atoms with van der Waals surface area (Å²) in [6.45, 7) is 9.54. The molecule has 0 saturated carbocycles. The number of carbonyl (C=O) groups excluding carboxylic acids is 11. The molecule has 1 saturated heterocycles. The molecule has 1 aliphatic rings. The van der Waals surface area contributed by atoms with Gasteiger partial charge < -0.3 is 114 Å². The molecule has 0 bridgehead atoms. The molecule has 1 fully saturated rings. The van der Waals surface area contributed by atoms with Gasteiger partial charge in [-0.15, -0.1) is 11.8 Å². The fraction of sp³-hybridized carbons (Fsp3) is 0.769. The van der Waals surface area contributed by atoms with Crippen LogP contribution < -0.4 is 70.4 Å². The molecule has 94 heavy (non-hydrogen) atoms. The number of hydrogen-bond acceptors (Lipinski definition) is 21. The minimum absolute atomic E-state index is 0.0503. The molecule has 0 spiro atoms. The van der Waals surface area contributed by atoms with Crippen LogP contribution in [0.5, 0.6) is 0 Å². The van der Waals surface area contributed by atoms with E-state index in [1.807, 2.05) is 6.92 Å². The highest BCUT2D eigenvalue weighted by atomic mass is 32.2. The number of nitrogens with two attached hydrogens (primary N) is 3. The van der Waals surface area contributed by atoms with E-state index in [1.54, 1.807) is 20.8 Å². The molecule has 1 unspecified atom stereocenters. The van der Waals surface area contributed by atoms with Crippen molar-refractivity contribution >= 4 is 105 Å². The predicted molar refractivity (Wildman–Crippen MR) is 341 cm³/mol. The highest BCUT2D eigenvalue weighted by Crippen LogP contribution is 2.69. The summed E-state index contributed by atoms with van der Waals surface area (Å²) in [6.07, 6.45) is -1.18. The van der Waals surface area contributed by atoms with Crippen LogP contribution in [0.3, 0.4) is 0 Å². The third-order valence-electron chi connectivity index (χ3n) is 14.0. The summed E-state index contributed by atoms with van der Waals surface area (Å²) in [4.78, 5) is 204. The van der Waals surface area contributed by atoms with Gasteiger partial charge in [-0.3, -0.25) is 76.3 Å². The van der Waals surface area contributed by atoms with Crippen LogP contribution >= 0.6 is 34.5 Å². The van der Waals surface area contributed by atoms with Gasteiger partial charge in [0.05, 0.1) is 50.4 Å². The molecule has 1 aliphatic heterocycles. The zero-order chi connectivity index (χ0) is 71.6. The standard InChI is InChI=1S/C52H98N15O23P3S/c1-7-32(4)43(49(77)59-18-10-15-56-20-26-91(80,81)82)66-45(73)33(5)62-41(70)29-61-47(75)36(11-8-16-60-51(54)55)64-48(76)37(27-31(2)3)65-44(72)34(6)63-46(74)35(53)30-94-38-28-42(71)67(50(38)78)21-12-39(68)58-19-23-90-25-24-89-22-13-40(69)57-17-9-14-52(79,92(83,84)85)93(86,87)88/h31-38,43,56,79H,7-30,53H2,1-6H3,(H,57,69)(H,58,68)(H,59,77)(H,61,75)(H,62,70)(H,63,74)(H,64,76)(H,65,72)(H,66,73)(H4,54,55,60)(H2,80,81,82)(H2,83,84,85)(H2,86,87,88)/t32-,33-,34-,35-,36-,37-,38?,43-/m0/s1. The number of nitrogens with one attached hydrogen (secondary N) is 10. The number of carbonyl (C=O) groups is 11. The molecule has 0 aromatic heterocycles. The molecule has 23 N–H and O–H groups in total. The van der Waals surface area contributed by atoms with Gasteiger partial charge in [0, 0.05) is 70.7 Å². The Kier molecular flexibility index (Phi) is 39.8. The van der Waals surface area contributed by atoms with Gasteiger partial charge in [0.2, 0.25) is 65.0 Å². The van der Waals surface area contributed by atoms with Crippen LogP contribution in [0.2, 0.25) is 0 Å². The van der Waals surface area contributed by atoms with Crippen molar-refractivity contribution in [3.05, 3.63) is 0 Å². The van der Waals surface area contributed by atoms with E-state index in [4.69, 9.17) is 36.5 Å². The second-order valence-corrected chi connectivity index (χ2v) is 29.5. The summed E-state index contributed by atoms with van der Waals surface area (Å²) in [7, 11) is -15.4. The minimum atomic E-state index is -5.61. The highest BCUT2D eigenvalue weighted by Gasteiger charge is 2.58. The Morgan fingerprint density at radius 1 is 0.660 bits per heavy atom. The van der Waals surface area contributed by atoms with Crippen molar-refractivity contribution in [3.8, 4) is 0 Å². The van der Waals surface area contributed by atoms with E-state index in [9.17, 15) is 91.1 Å². The van der Waals surface area contributed by atoms with Crippen molar-refractivity contribution in [1.29, 1.82) is 0 Å². The smallest absolute Gasteiger partial charge is 0.369 e. The Morgan fingerprint density at radius 2 is 1.24 bits per heavy atom. The number of ether oxygens (including phenoxy) is 2. The summed E-state index contributed by atoms with van der Waals surface area (Å²) in [5.41, 5.74) is 17.1. The summed E-state index contributed by atoms with van der Waals surface area (Å²) in [5, 5.41) is 31.1. The largest absolute Gasteiger partial charge is 0.379 e. The van der Waals surface area contributed by atoms with Crippen molar-refractivity contribution in [3.63, 3.8) is 0 Å². The lowest BCUT2D eigenvalue weighted by molar-refractivity contribution is -0.139. The number of guanidine groups is 1. The van der Waals surface area contributed by atoms with E-state index in [0.29, 0.717) is 19.4 Å². The molecule has 1 heterocycles. The molecule has 11 amide bonds. The quantitative estimate of drug-likeness (QED) is 0.00886. The third kappa shape index (κ3) is 34.3. The second kappa shape index (κ2) is 43.4. The maximum absolute atomic E-state index is 13.9. The Hall–Kier alpha value is -5.76. The molecule has 0 aromatic rings. The van der Waals surface area contributed by atoms with E-state index in [-0.39, 0.29) is 140 Å². The van der Waals surface area contributed by atoms with Crippen molar-refractivity contribution in [2.75, 3.05) is 90.7 Å². The minimum Gasteiger partial charge on any atom is -0.379 e. The van der Waals surface area contributed by atoms with Crippen molar-refractivity contribution in [2.24, 2.45) is 34.0 Å². The maximum atomic E-state index is 13.9. The Labute approximate surface area is 549 Å². The van der Waals surface area contributed by atoms with Crippen LogP contribution in [-0.4, -0.2) is 248 Å². The fourth-order valence-electron chi connectivity index (χ4n) is 8.41. The average molecular weight is 1430 g/mol. The van der Waals surface area contributed by atoms with Gasteiger partial charge in [-0.1, -0.05) is 34.1 Å². The first-order valence-electron chi connectivity index (χ1n) is 30.4. The van der Waals surface area contributed by atoms with Crippen LogP contribution in [0.4, 0.5) is 0 Å². The monoisotopic (exact) mass is 1430 g/mol. The number of hydrogen-bond donors (Lipinski definition) is 20. The van der Waals surface area contributed by atoms with Crippen LogP contribution in [0.1, 0.15) is 106 Å². The summed E-state index contributed by atoms with van der Waals surface area (Å²) in [6, 6.07) is -7.29. The van der Waals surface area contributed by atoms with Crippen molar-refractivity contribution < 1.29 is 110 Å². The summed E-state index contributed by atoms with van der Waals surface area (Å²) in [5.74, 6) is -8.34. The SMILES string of the molecule is CC[C@H](C)[C@H](NC(=O)[C@H](C)NC(=O)CNC(=O)[C@H](CCCN=C(N)N)NC(=O)[C@H](CC(C)C)NC(=O)[C@H](C)NC(=O)[C@@H](N)CSC1CC(=O)N(CCC(=O)NCCOCCOCCC(=O)NCCCC(O)(P(=O)(O)O)P(=O)(O)O)C1=O)C(=O)NCCCNCCP(=O)(O)O. The van der Waals surface area contributed by atoms with Gasteiger partial charge >= 0.3 is 22.8 Å². The van der Waals surface area contributed by atoms with Gasteiger partial charge in [0.15, 0.2) is 5.96 Å². The lowest BCUT2D eigenvalue weighted by Gasteiger charge is -2.29. The molecule has 8 atom stereocenters. The van der Waals surface area contributed by atoms with E-state index in [2.05, 4.69) is 58.2 Å². The van der Waals surface area contributed by atoms with Crippen LogP contribution in [0.25, 0.3) is 0 Å². The van der Waals surface area contributed by atoms with Crippen LogP contribution in [0, 0.1) is 11.8 Å². The van der Waals surface area contributed by atoms with Gasteiger partial charge in [-0.25, -0.2) is 0 Å². The number of imide groups is 1. The molecule has 42 heteroatoms. The maximum Gasteiger partial charge on any atom is 0.369 e. The third-order valence-corrected chi connectivity index (χ3v) is 20.0. The first-order chi connectivity index (χ1) is 43.7. The molecular formula is C52H98N15O23P3S. The molecular weight excluding hydrogens is 1330 g/mol. The molecule has 540 valence electrons. The second-order valence-electron chi connectivity index (χ2n) is 22.5. The topological polar surface area (TPSA) is 613 Å². The lowest BCUT2D eigenvalue weighted by Crippen LogP contribution is -2.58. The first-order valence-corrected chi connectivity index (χ1v) is 36.4. The van der Waals surface area contributed by atoms with Crippen molar-refractivity contribution in [1.82, 2.24) is 58.1 Å². The van der Waals surface area contributed by atoms with E-state index < -0.39 is 147 Å². The molecule has 0 aromatic carbocycles. The number of amides is 11. The van der Waals surface area contributed by atoms with Gasteiger partial charge in [-0.05, 0) is 64.3 Å².